The van der Waals surface area contributed by atoms with Crippen molar-refractivity contribution in [2.75, 3.05) is 23.7 Å². The number of nitrogens with one attached hydrogen (secondary N) is 3. The standard InChI is InChI=1S/C22H20N8O2/c31-21(22(32)26-19-11-15-30(29-19)20-8-4-5-12-24-20)25-14-13-23-18-10-9-17(27-28-18)16-6-2-1-3-7-16/h1-12,15H,13-14H2,(H,23,28)(H,25,31)(H,26,29,32). The van der Waals surface area contributed by atoms with Gasteiger partial charge in [-0.15, -0.1) is 15.3 Å². The molecule has 0 aliphatic rings. The van der Waals surface area contributed by atoms with Crippen LogP contribution in [0.15, 0.2) is 79.1 Å². The first kappa shape index (κ1) is 20.7. The number of nitrogens with zero attached hydrogens (tertiary/aromatic N) is 5. The van der Waals surface area contributed by atoms with E-state index >= 15 is 0 Å². The summed E-state index contributed by atoms with van der Waals surface area (Å²) in [4.78, 5) is 28.2. The summed E-state index contributed by atoms with van der Waals surface area (Å²) < 4.78 is 1.50. The summed E-state index contributed by atoms with van der Waals surface area (Å²) in [6.07, 6.45) is 3.28. The molecular formula is C22H20N8O2. The van der Waals surface area contributed by atoms with Crippen molar-refractivity contribution in [1.29, 1.82) is 0 Å². The molecule has 0 fully saturated rings. The van der Waals surface area contributed by atoms with Crippen LogP contribution >= 0.6 is 0 Å². The Morgan fingerprint density at radius 2 is 1.66 bits per heavy atom. The van der Waals surface area contributed by atoms with Crippen LogP contribution in [0.3, 0.4) is 0 Å². The lowest BCUT2D eigenvalue weighted by Crippen LogP contribution is -2.37. The molecule has 3 aromatic heterocycles. The molecular weight excluding hydrogens is 408 g/mol. The van der Waals surface area contributed by atoms with Gasteiger partial charge in [0.05, 0.1) is 5.69 Å². The molecule has 10 heteroatoms. The Labute approximate surface area is 183 Å². The number of carbonyl (C=O) groups is 2. The average Bonchev–Trinajstić information content (AvgIpc) is 3.31. The first-order chi connectivity index (χ1) is 15.7. The molecule has 2 amide bonds. The Hall–Kier alpha value is -4.60. The van der Waals surface area contributed by atoms with Crippen molar-refractivity contribution in [3.8, 4) is 17.1 Å². The highest BCUT2D eigenvalue weighted by atomic mass is 16.2. The van der Waals surface area contributed by atoms with Gasteiger partial charge in [-0.1, -0.05) is 36.4 Å². The van der Waals surface area contributed by atoms with Crippen LogP contribution in [0.1, 0.15) is 0 Å². The second-order valence-electron chi connectivity index (χ2n) is 6.64. The van der Waals surface area contributed by atoms with Crippen molar-refractivity contribution in [2.45, 2.75) is 0 Å². The Bertz CT molecular complexity index is 1180. The SMILES string of the molecule is O=C(NCCNc1ccc(-c2ccccc2)nn1)C(=O)Nc1ccn(-c2ccccn2)n1. The molecule has 0 bridgehead atoms. The quantitative estimate of drug-likeness (QED) is 0.303. The number of pyridine rings is 1. The van der Waals surface area contributed by atoms with Gasteiger partial charge in [-0.05, 0) is 24.3 Å². The number of hydrogen-bond donors (Lipinski definition) is 3. The minimum absolute atomic E-state index is 0.233. The molecule has 1 aromatic carbocycles. The van der Waals surface area contributed by atoms with Gasteiger partial charge in [0.25, 0.3) is 0 Å². The second-order valence-corrected chi connectivity index (χ2v) is 6.64. The molecule has 0 radical (unpaired) electrons. The van der Waals surface area contributed by atoms with Gasteiger partial charge in [0.15, 0.2) is 11.6 Å². The van der Waals surface area contributed by atoms with Crippen molar-refractivity contribution < 1.29 is 9.59 Å². The Balaban J connectivity index is 1.20. The van der Waals surface area contributed by atoms with Crippen molar-refractivity contribution in [3.05, 3.63) is 79.1 Å². The fourth-order valence-corrected chi connectivity index (χ4v) is 2.82. The van der Waals surface area contributed by atoms with E-state index in [-0.39, 0.29) is 12.4 Å². The normalized spacial score (nSPS) is 10.4. The molecule has 0 saturated heterocycles. The van der Waals surface area contributed by atoms with E-state index in [0.717, 1.165) is 11.3 Å². The highest BCUT2D eigenvalue weighted by molar-refractivity contribution is 6.39. The number of rotatable bonds is 7. The lowest BCUT2D eigenvalue weighted by atomic mass is 10.1. The van der Waals surface area contributed by atoms with Crippen LogP contribution in [0.5, 0.6) is 0 Å². The summed E-state index contributed by atoms with van der Waals surface area (Å²) in [5, 5.41) is 20.5. The third-order valence-corrected chi connectivity index (χ3v) is 4.37. The van der Waals surface area contributed by atoms with E-state index in [2.05, 4.69) is 36.2 Å². The Morgan fingerprint density at radius 1 is 0.812 bits per heavy atom. The molecule has 0 unspecified atom stereocenters. The summed E-state index contributed by atoms with van der Waals surface area (Å²) in [7, 11) is 0. The molecule has 0 atom stereocenters. The zero-order valence-electron chi connectivity index (χ0n) is 17.0. The van der Waals surface area contributed by atoms with Gasteiger partial charge < -0.3 is 16.0 Å². The minimum atomic E-state index is -0.803. The maximum Gasteiger partial charge on any atom is 0.314 e. The topological polar surface area (TPSA) is 127 Å². The first-order valence-corrected chi connectivity index (χ1v) is 9.88. The Kier molecular flexibility index (Phi) is 6.42. The van der Waals surface area contributed by atoms with Gasteiger partial charge in [0.2, 0.25) is 0 Å². The summed E-state index contributed by atoms with van der Waals surface area (Å²) >= 11 is 0. The first-order valence-electron chi connectivity index (χ1n) is 9.88. The van der Waals surface area contributed by atoms with Gasteiger partial charge in [-0.2, -0.15) is 0 Å². The number of carbonyl (C=O) groups excluding carboxylic acids is 2. The number of amides is 2. The van der Waals surface area contributed by atoms with Crippen molar-refractivity contribution in [3.63, 3.8) is 0 Å². The highest BCUT2D eigenvalue weighted by Crippen LogP contribution is 2.16. The molecule has 160 valence electrons. The number of aromatic nitrogens is 5. The number of benzene rings is 1. The molecule has 4 aromatic rings. The predicted molar refractivity (Wildman–Crippen MR) is 119 cm³/mol. The van der Waals surface area contributed by atoms with Gasteiger partial charge in [-0.3, -0.25) is 9.59 Å². The van der Waals surface area contributed by atoms with Gasteiger partial charge in [-0.25, -0.2) is 9.67 Å². The summed E-state index contributed by atoms with van der Waals surface area (Å²) in [6, 6.07) is 20.4. The molecule has 32 heavy (non-hydrogen) atoms. The summed E-state index contributed by atoms with van der Waals surface area (Å²) in [5.74, 6) is -0.137. The molecule has 0 aliphatic carbocycles. The molecule has 3 N–H and O–H groups in total. The maximum atomic E-state index is 12.1. The fourth-order valence-electron chi connectivity index (χ4n) is 2.82. The Morgan fingerprint density at radius 3 is 2.41 bits per heavy atom. The van der Waals surface area contributed by atoms with Gasteiger partial charge >= 0.3 is 11.8 Å². The van der Waals surface area contributed by atoms with Gasteiger partial charge in [0, 0.05) is 37.1 Å². The van der Waals surface area contributed by atoms with E-state index in [0.29, 0.717) is 18.2 Å². The smallest absolute Gasteiger partial charge is 0.314 e. The number of anilines is 2. The minimum Gasteiger partial charge on any atom is -0.367 e. The molecule has 0 saturated carbocycles. The summed E-state index contributed by atoms with van der Waals surface area (Å²) in [5.41, 5.74) is 1.75. The number of hydrogen-bond acceptors (Lipinski definition) is 7. The zero-order chi connectivity index (χ0) is 22.2. The second kappa shape index (κ2) is 9.94. The predicted octanol–water partition coefficient (Wildman–Crippen LogP) is 1.89. The van der Waals surface area contributed by atoms with E-state index < -0.39 is 11.8 Å². The van der Waals surface area contributed by atoms with E-state index in [1.54, 1.807) is 30.6 Å². The lowest BCUT2D eigenvalue weighted by molar-refractivity contribution is -0.136. The van der Waals surface area contributed by atoms with Crippen LogP contribution in [-0.2, 0) is 9.59 Å². The average molecular weight is 428 g/mol. The van der Waals surface area contributed by atoms with E-state index in [4.69, 9.17) is 0 Å². The third kappa shape index (κ3) is 5.30. The van der Waals surface area contributed by atoms with Crippen molar-refractivity contribution in [1.82, 2.24) is 30.3 Å². The van der Waals surface area contributed by atoms with Crippen LogP contribution in [0.4, 0.5) is 11.6 Å². The fraction of sp³-hybridized carbons (Fsp3) is 0.0909. The monoisotopic (exact) mass is 428 g/mol. The molecule has 10 nitrogen and oxygen atoms in total. The van der Waals surface area contributed by atoms with Crippen molar-refractivity contribution in [2.24, 2.45) is 0 Å². The molecule has 0 spiro atoms. The molecule has 3 heterocycles. The third-order valence-electron chi connectivity index (χ3n) is 4.37. The molecule has 0 aliphatic heterocycles. The highest BCUT2D eigenvalue weighted by Gasteiger charge is 2.14. The zero-order valence-corrected chi connectivity index (χ0v) is 17.0. The largest absolute Gasteiger partial charge is 0.367 e. The lowest BCUT2D eigenvalue weighted by Gasteiger charge is -2.07. The van der Waals surface area contributed by atoms with Crippen LogP contribution in [0, 0.1) is 0 Å². The van der Waals surface area contributed by atoms with Crippen molar-refractivity contribution >= 4 is 23.5 Å². The molecule has 4 rings (SSSR count). The maximum absolute atomic E-state index is 12.1. The van der Waals surface area contributed by atoms with E-state index in [9.17, 15) is 9.59 Å². The van der Waals surface area contributed by atoms with Crippen LogP contribution in [0.2, 0.25) is 0 Å². The van der Waals surface area contributed by atoms with Crippen LogP contribution < -0.4 is 16.0 Å². The van der Waals surface area contributed by atoms with Crippen LogP contribution in [-0.4, -0.2) is 49.9 Å². The van der Waals surface area contributed by atoms with Gasteiger partial charge in [0.1, 0.15) is 5.82 Å². The van der Waals surface area contributed by atoms with E-state index in [1.807, 2.05) is 48.5 Å². The van der Waals surface area contributed by atoms with E-state index in [1.165, 1.54) is 4.68 Å². The van der Waals surface area contributed by atoms with Crippen LogP contribution in [0.25, 0.3) is 17.1 Å². The summed E-state index contributed by atoms with van der Waals surface area (Å²) in [6.45, 7) is 0.615.